The Morgan fingerprint density at radius 2 is 2.00 bits per heavy atom. The van der Waals surface area contributed by atoms with Crippen LogP contribution in [0.25, 0.3) is 6.08 Å². The second-order valence-corrected chi connectivity index (χ2v) is 8.20. The van der Waals surface area contributed by atoms with Crippen LogP contribution in [0.5, 0.6) is 5.75 Å². The highest BCUT2D eigenvalue weighted by Crippen LogP contribution is 2.60. The van der Waals surface area contributed by atoms with Gasteiger partial charge >= 0.3 is 0 Å². The van der Waals surface area contributed by atoms with Gasteiger partial charge in [-0.15, -0.1) is 0 Å². The lowest BCUT2D eigenvalue weighted by molar-refractivity contribution is -0.107. The Balaban J connectivity index is 0.000000415. The fraction of sp³-hybridized carbons (Fsp3) is 0.591. The molecule has 0 aromatic heterocycles. The molecule has 0 aliphatic heterocycles. The zero-order chi connectivity index (χ0) is 18.2. The summed E-state index contributed by atoms with van der Waals surface area (Å²) >= 11 is 0. The van der Waals surface area contributed by atoms with E-state index >= 15 is 0 Å². The summed E-state index contributed by atoms with van der Waals surface area (Å²) in [5.74, 6) is 2.07. The van der Waals surface area contributed by atoms with E-state index < -0.39 is 5.60 Å². The van der Waals surface area contributed by atoms with Gasteiger partial charge in [-0.2, -0.15) is 0 Å². The van der Waals surface area contributed by atoms with Gasteiger partial charge in [0.2, 0.25) is 0 Å². The first-order valence-electron chi connectivity index (χ1n) is 9.56. The molecule has 3 heteroatoms. The highest BCUT2D eigenvalue weighted by Gasteiger charge is 2.60. The minimum absolute atomic E-state index is 0.226. The number of hydrogen-bond donors (Lipinski definition) is 2. The SMILES string of the molecule is CC1CCC2C1CC[C@]1(C)c3ccc(O)cc3C=C[C@@]21O.CCC=O. The number of benzene rings is 1. The third-order valence-corrected chi connectivity index (χ3v) is 6.92. The van der Waals surface area contributed by atoms with Crippen molar-refractivity contribution in [2.24, 2.45) is 17.8 Å². The van der Waals surface area contributed by atoms with Crippen molar-refractivity contribution < 1.29 is 15.0 Å². The van der Waals surface area contributed by atoms with E-state index in [2.05, 4.69) is 13.8 Å². The zero-order valence-electron chi connectivity index (χ0n) is 15.5. The smallest absolute Gasteiger partial charge is 0.119 e. The van der Waals surface area contributed by atoms with Crippen LogP contribution in [0.15, 0.2) is 24.3 Å². The van der Waals surface area contributed by atoms with Crippen molar-refractivity contribution in [1.29, 1.82) is 0 Å². The Morgan fingerprint density at radius 3 is 2.68 bits per heavy atom. The molecule has 3 unspecified atom stereocenters. The lowest BCUT2D eigenvalue weighted by Crippen LogP contribution is -2.59. The Bertz CT molecular complexity index is 680. The van der Waals surface area contributed by atoms with Gasteiger partial charge in [-0.05, 0) is 60.3 Å². The number of aliphatic hydroxyl groups is 1. The largest absolute Gasteiger partial charge is 0.508 e. The second kappa shape index (κ2) is 6.60. The van der Waals surface area contributed by atoms with Crippen molar-refractivity contribution in [2.45, 2.75) is 63.9 Å². The third-order valence-electron chi connectivity index (χ3n) is 6.92. The number of carbonyl (C=O) groups excluding carboxylic acids is 1. The van der Waals surface area contributed by atoms with Crippen LogP contribution in [0.4, 0.5) is 0 Å². The van der Waals surface area contributed by atoms with Crippen LogP contribution in [0.3, 0.4) is 0 Å². The van der Waals surface area contributed by atoms with Gasteiger partial charge in [-0.25, -0.2) is 0 Å². The summed E-state index contributed by atoms with van der Waals surface area (Å²) in [5.41, 5.74) is 1.30. The summed E-state index contributed by atoms with van der Waals surface area (Å²) in [6.07, 6.45) is 10.2. The fourth-order valence-electron chi connectivity index (χ4n) is 5.43. The summed E-state index contributed by atoms with van der Waals surface area (Å²) in [7, 11) is 0. The average molecular weight is 342 g/mol. The number of hydrogen-bond acceptors (Lipinski definition) is 3. The molecule has 3 nitrogen and oxygen atoms in total. The molecule has 5 atom stereocenters. The number of rotatable bonds is 1. The predicted molar refractivity (Wildman–Crippen MR) is 100 cm³/mol. The van der Waals surface area contributed by atoms with Crippen LogP contribution in [0.1, 0.15) is 64.0 Å². The number of phenolic OH excluding ortho intramolecular Hbond substituents is 1. The summed E-state index contributed by atoms with van der Waals surface area (Å²) in [6.45, 7) is 6.37. The lowest BCUT2D eigenvalue weighted by Gasteiger charge is -2.55. The maximum Gasteiger partial charge on any atom is 0.119 e. The molecular formula is C22H30O3. The van der Waals surface area contributed by atoms with Crippen LogP contribution in [-0.4, -0.2) is 22.1 Å². The summed E-state index contributed by atoms with van der Waals surface area (Å²) in [6, 6.07) is 5.59. The third kappa shape index (κ3) is 2.73. The molecule has 0 amide bonds. The van der Waals surface area contributed by atoms with E-state index in [1.807, 2.05) is 31.2 Å². The van der Waals surface area contributed by atoms with Gasteiger partial charge in [0.05, 0.1) is 5.60 Å². The van der Waals surface area contributed by atoms with E-state index in [4.69, 9.17) is 0 Å². The first-order chi connectivity index (χ1) is 11.9. The van der Waals surface area contributed by atoms with Gasteiger partial charge in [0.15, 0.2) is 0 Å². The van der Waals surface area contributed by atoms with Gasteiger partial charge in [-0.3, -0.25) is 0 Å². The molecule has 2 fully saturated rings. The van der Waals surface area contributed by atoms with Crippen LogP contribution >= 0.6 is 0 Å². The van der Waals surface area contributed by atoms with Crippen LogP contribution in [0.2, 0.25) is 0 Å². The van der Waals surface area contributed by atoms with Gasteiger partial charge < -0.3 is 15.0 Å². The van der Waals surface area contributed by atoms with Crippen molar-refractivity contribution in [3.05, 3.63) is 35.4 Å². The number of fused-ring (bicyclic) bond motifs is 5. The molecule has 136 valence electrons. The molecule has 3 aliphatic rings. The van der Waals surface area contributed by atoms with Gasteiger partial charge in [0, 0.05) is 11.8 Å². The Morgan fingerprint density at radius 1 is 1.28 bits per heavy atom. The maximum absolute atomic E-state index is 11.6. The second-order valence-electron chi connectivity index (χ2n) is 8.20. The normalized spacial score (nSPS) is 38.0. The van der Waals surface area contributed by atoms with E-state index in [-0.39, 0.29) is 5.41 Å². The fourth-order valence-corrected chi connectivity index (χ4v) is 5.43. The molecule has 0 radical (unpaired) electrons. The first kappa shape index (κ1) is 18.2. The monoisotopic (exact) mass is 342 g/mol. The topological polar surface area (TPSA) is 57.5 Å². The number of phenols is 1. The molecule has 1 aromatic carbocycles. The Kier molecular flexibility index (Phi) is 4.80. The van der Waals surface area contributed by atoms with Gasteiger partial charge in [-0.1, -0.05) is 45.4 Å². The van der Waals surface area contributed by atoms with Crippen LogP contribution in [-0.2, 0) is 10.2 Å². The summed E-state index contributed by atoms with van der Waals surface area (Å²) in [5, 5.41) is 21.3. The average Bonchev–Trinajstić information content (AvgIpc) is 2.98. The molecule has 0 saturated heterocycles. The minimum atomic E-state index is -0.731. The highest BCUT2D eigenvalue weighted by atomic mass is 16.3. The number of aldehydes is 1. The van der Waals surface area contributed by atoms with Crippen molar-refractivity contribution in [3.63, 3.8) is 0 Å². The standard InChI is InChI=1S/C19H24O2.C3H6O/c1-12-3-5-17-15(12)8-9-18(2)16-6-4-14(20)11-13(16)7-10-19(17,18)21;1-2-3-4/h4,6-7,10-12,15,17,20-21H,3,5,8-9H2,1-2H3;3H,2H2,1H3/t12?,15?,17?,18-,19-;/m1./s1. The molecule has 2 N–H and O–H groups in total. The molecule has 0 bridgehead atoms. The molecule has 0 heterocycles. The van der Waals surface area contributed by atoms with E-state index in [0.29, 0.717) is 24.0 Å². The van der Waals surface area contributed by atoms with Crippen molar-refractivity contribution in [1.82, 2.24) is 0 Å². The molecule has 4 rings (SSSR count). The number of carbonyl (C=O) groups is 1. The Hall–Kier alpha value is -1.61. The van der Waals surface area contributed by atoms with Crippen molar-refractivity contribution >= 4 is 12.4 Å². The molecule has 2 saturated carbocycles. The lowest BCUT2D eigenvalue weighted by atomic mass is 9.51. The summed E-state index contributed by atoms with van der Waals surface area (Å²) in [4.78, 5) is 9.17. The number of aromatic hydroxyl groups is 1. The minimum Gasteiger partial charge on any atom is -0.508 e. The molecule has 25 heavy (non-hydrogen) atoms. The first-order valence-corrected chi connectivity index (χ1v) is 9.56. The van der Waals surface area contributed by atoms with Gasteiger partial charge in [0.25, 0.3) is 0 Å². The summed E-state index contributed by atoms with van der Waals surface area (Å²) < 4.78 is 0. The predicted octanol–water partition coefficient (Wildman–Crippen LogP) is 4.46. The molecular weight excluding hydrogens is 312 g/mol. The van der Waals surface area contributed by atoms with Gasteiger partial charge in [0.1, 0.15) is 12.0 Å². The van der Waals surface area contributed by atoms with Crippen molar-refractivity contribution in [2.75, 3.05) is 0 Å². The van der Waals surface area contributed by atoms with E-state index in [0.717, 1.165) is 30.6 Å². The van der Waals surface area contributed by atoms with E-state index in [1.54, 1.807) is 6.07 Å². The Labute approximate surface area is 150 Å². The van der Waals surface area contributed by atoms with E-state index in [1.165, 1.54) is 18.4 Å². The zero-order valence-corrected chi connectivity index (χ0v) is 15.5. The molecule has 1 aromatic rings. The molecule has 0 spiro atoms. The van der Waals surface area contributed by atoms with Crippen LogP contribution < -0.4 is 0 Å². The molecule has 3 aliphatic carbocycles. The highest BCUT2D eigenvalue weighted by molar-refractivity contribution is 5.64. The quantitative estimate of drug-likeness (QED) is 0.741. The van der Waals surface area contributed by atoms with Crippen molar-refractivity contribution in [3.8, 4) is 5.75 Å². The maximum atomic E-state index is 11.6. The van der Waals surface area contributed by atoms with Crippen LogP contribution in [0, 0.1) is 17.8 Å². The van der Waals surface area contributed by atoms with E-state index in [9.17, 15) is 15.0 Å².